The molecule has 102 valence electrons. The quantitative estimate of drug-likeness (QED) is 0.931. The molecule has 1 aromatic heterocycles. The van der Waals surface area contributed by atoms with Gasteiger partial charge in [0, 0.05) is 31.0 Å². The third kappa shape index (κ3) is 3.16. The van der Waals surface area contributed by atoms with E-state index < -0.39 is 11.6 Å². The molecule has 0 radical (unpaired) electrons. The van der Waals surface area contributed by atoms with Crippen molar-refractivity contribution in [1.82, 2.24) is 10.3 Å². The second-order valence-electron chi connectivity index (χ2n) is 4.44. The van der Waals surface area contributed by atoms with Gasteiger partial charge in [-0.15, -0.1) is 0 Å². The summed E-state index contributed by atoms with van der Waals surface area (Å²) in [6.07, 6.45) is 3.41. The Hall–Kier alpha value is -2.32. The highest BCUT2D eigenvalue weighted by Gasteiger charge is 2.11. The lowest BCUT2D eigenvalue weighted by Crippen LogP contribution is -2.16. The van der Waals surface area contributed by atoms with Crippen LogP contribution in [0.15, 0.2) is 30.6 Å². The van der Waals surface area contributed by atoms with Crippen LogP contribution in [0.2, 0.25) is 0 Å². The van der Waals surface area contributed by atoms with E-state index in [-0.39, 0.29) is 17.7 Å². The summed E-state index contributed by atoms with van der Waals surface area (Å²) in [4.78, 5) is 4.00. The minimum atomic E-state index is -0.711. The standard InChI is InChI=1S/C15H13F2N3/c1-10-2-3-19-7-12(10)8-20-9-13-14(16)4-11(6-18)5-15(13)17/h2-5,7,20H,8-9H2,1H3. The summed E-state index contributed by atoms with van der Waals surface area (Å²) in [7, 11) is 0. The van der Waals surface area contributed by atoms with Crippen molar-refractivity contribution in [2.45, 2.75) is 20.0 Å². The van der Waals surface area contributed by atoms with Crippen molar-refractivity contribution < 1.29 is 8.78 Å². The topological polar surface area (TPSA) is 48.7 Å². The Morgan fingerprint density at radius 3 is 2.55 bits per heavy atom. The molecule has 0 unspecified atom stereocenters. The van der Waals surface area contributed by atoms with E-state index >= 15 is 0 Å². The van der Waals surface area contributed by atoms with Gasteiger partial charge < -0.3 is 5.32 Å². The van der Waals surface area contributed by atoms with Gasteiger partial charge in [-0.25, -0.2) is 8.78 Å². The molecule has 1 N–H and O–H groups in total. The molecule has 3 nitrogen and oxygen atoms in total. The summed E-state index contributed by atoms with van der Waals surface area (Å²) in [5.74, 6) is -1.42. The maximum absolute atomic E-state index is 13.7. The van der Waals surface area contributed by atoms with Crippen molar-refractivity contribution in [3.63, 3.8) is 0 Å². The first-order valence-electron chi connectivity index (χ1n) is 6.10. The van der Waals surface area contributed by atoms with Crippen LogP contribution in [0, 0.1) is 29.9 Å². The summed E-state index contributed by atoms with van der Waals surface area (Å²) < 4.78 is 27.3. The average molecular weight is 273 g/mol. The van der Waals surface area contributed by atoms with Gasteiger partial charge >= 0.3 is 0 Å². The Morgan fingerprint density at radius 1 is 1.25 bits per heavy atom. The first-order chi connectivity index (χ1) is 9.61. The zero-order chi connectivity index (χ0) is 14.5. The Kier molecular flexibility index (Phi) is 4.38. The van der Waals surface area contributed by atoms with Gasteiger partial charge in [0.25, 0.3) is 0 Å². The van der Waals surface area contributed by atoms with Crippen LogP contribution in [0.25, 0.3) is 0 Å². The molecule has 0 fully saturated rings. The fraction of sp³-hybridized carbons (Fsp3) is 0.200. The molecule has 0 saturated carbocycles. The fourth-order valence-corrected chi connectivity index (χ4v) is 1.84. The van der Waals surface area contributed by atoms with Crippen LogP contribution < -0.4 is 5.32 Å². The predicted molar refractivity (Wildman–Crippen MR) is 70.6 cm³/mol. The molecule has 0 atom stereocenters. The molecule has 2 rings (SSSR count). The Bertz CT molecular complexity index is 639. The lowest BCUT2D eigenvalue weighted by molar-refractivity contribution is 0.534. The van der Waals surface area contributed by atoms with E-state index in [0.717, 1.165) is 23.3 Å². The van der Waals surface area contributed by atoms with Crippen LogP contribution in [0.3, 0.4) is 0 Å². The summed E-state index contributed by atoms with van der Waals surface area (Å²) in [6.45, 7) is 2.47. The van der Waals surface area contributed by atoms with E-state index in [1.165, 1.54) is 0 Å². The fourth-order valence-electron chi connectivity index (χ4n) is 1.84. The summed E-state index contributed by atoms with van der Waals surface area (Å²) in [5, 5.41) is 11.6. The molecule has 0 bridgehead atoms. The van der Waals surface area contributed by atoms with Crippen LogP contribution in [0.5, 0.6) is 0 Å². The third-order valence-electron chi connectivity index (χ3n) is 3.03. The van der Waals surface area contributed by atoms with Crippen molar-refractivity contribution in [3.8, 4) is 6.07 Å². The first kappa shape index (κ1) is 14.1. The SMILES string of the molecule is Cc1ccncc1CNCc1c(F)cc(C#N)cc1F. The summed E-state index contributed by atoms with van der Waals surface area (Å²) in [5.41, 5.74) is 1.95. The van der Waals surface area contributed by atoms with Crippen LogP contribution in [0.1, 0.15) is 22.3 Å². The smallest absolute Gasteiger partial charge is 0.131 e. The molecule has 0 aliphatic heterocycles. The maximum atomic E-state index is 13.7. The number of halogens is 2. The number of nitrogens with zero attached hydrogens (tertiary/aromatic N) is 2. The van der Waals surface area contributed by atoms with E-state index in [9.17, 15) is 8.78 Å². The third-order valence-corrected chi connectivity index (χ3v) is 3.03. The van der Waals surface area contributed by atoms with E-state index in [2.05, 4.69) is 10.3 Å². The highest BCUT2D eigenvalue weighted by atomic mass is 19.1. The zero-order valence-electron chi connectivity index (χ0n) is 11.0. The molecule has 0 aliphatic rings. The second kappa shape index (κ2) is 6.22. The molecule has 5 heteroatoms. The van der Waals surface area contributed by atoms with Gasteiger partial charge in [0.2, 0.25) is 0 Å². The molecule has 2 aromatic rings. The van der Waals surface area contributed by atoms with Gasteiger partial charge in [0.05, 0.1) is 11.6 Å². The van der Waals surface area contributed by atoms with Crippen molar-refractivity contribution in [1.29, 1.82) is 5.26 Å². The Morgan fingerprint density at radius 2 is 1.95 bits per heavy atom. The summed E-state index contributed by atoms with van der Waals surface area (Å²) >= 11 is 0. The number of aryl methyl sites for hydroxylation is 1. The van der Waals surface area contributed by atoms with Crippen molar-refractivity contribution >= 4 is 0 Å². The number of hydrogen-bond donors (Lipinski definition) is 1. The number of pyridine rings is 1. The molecular weight excluding hydrogens is 260 g/mol. The highest BCUT2D eigenvalue weighted by molar-refractivity contribution is 5.34. The molecule has 0 amide bonds. The van der Waals surface area contributed by atoms with Crippen molar-refractivity contribution in [2.24, 2.45) is 0 Å². The van der Waals surface area contributed by atoms with E-state index in [1.54, 1.807) is 18.5 Å². The van der Waals surface area contributed by atoms with Crippen LogP contribution in [-0.4, -0.2) is 4.98 Å². The average Bonchev–Trinajstić information content (AvgIpc) is 2.43. The molecule has 20 heavy (non-hydrogen) atoms. The van der Waals surface area contributed by atoms with Gasteiger partial charge in [-0.3, -0.25) is 4.98 Å². The normalized spacial score (nSPS) is 10.3. The van der Waals surface area contributed by atoms with Gasteiger partial charge in [-0.2, -0.15) is 5.26 Å². The minimum absolute atomic E-state index is 0.0214. The number of rotatable bonds is 4. The number of hydrogen-bond acceptors (Lipinski definition) is 3. The van der Waals surface area contributed by atoms with Crippen LogP contribution in [-0.2, 0) is 13.1 Å². The van der Waals surface area contributed by atoms with Crippen molar-refractivity contribution in [2.75, 3.05) is 0 Å². The van der Waals surface area contributed by atoms with Crippen molar-refractivity contribution in [3.05, 3.63) is 64.5 Å². The van der Waals surface area contributed by atoms with Crippen LogP contribution >= 0.6 is 0 Å². The van der Waals surface area contributed by atoms with Gasteiger partial charge in [0.1, 0.15) is 11.6 Å². The maximum Gasteiger partial charge on any atom is 0.131 e. The molecular formula is C15H13F2N3. The second-order valence-corrected chi connectivity index (χ2v) is 4.44. The monoisotopic (exact) mass is 273 g/mol. The van der Waals surface area contributed by atoms with E-state index in [0.29, 0.717) is 6.54 Å². The zero-order valence-corrected chi connectivity index (χ0v) is 11.0. The Balaban J connectivity index is 2.05. The highest BCUT2D eigenvalue weighted by Crippen LogP contribution is 2.15. The van der Waals surface area contributed by atoms with E-state index in [4.69, 9.17) is 5.26 Å². The number of nitrogens with one attached hydrogen (secondary N) is 1. The van der Waals surface area contributed by atoms with Gasteiger partial charge in [-0.1, -0.05) is 0 Å². The van der Waals surface area contributed by atoms with Gasteiger partial charge in [0.15, 0.2) is 0 Å². The van der Waals surface area contributed by atoms with Crippen LogP contribution in [0.4, 0.5) is 8.78 Å². The number of aromatic nitrogens is 1. The molecule has 1 heterocycles. The molecule has 0 saturated heterocycles. The minimum Gasteiger partial charge on any atom is -0.308 e. The van der Waals surface area contributed by atoms with E-state index in [1.807, 2.05) is 13.0 Å². The first-order valence-corrected chi connectivity index (χ1v) is 6.10. The number of benzene rings is 1. The largest absolute Gasteiger partial charge is 0.308 e. The summed E-state index contributed by atoms with van der Waals surface area (Å²) in [6, 6.07) is 5.67. The predicted octanol–water partition coefficient (Wildman–Crippen LogP) is 2.83. The molecule has 1 aromatic carbocycles. The lowest BCUT2D eigenvalue weighted by atomic mass is 10.1. The molecule has 0 spiro atoms. The number of nitriles is 1. The van der Waals surface area contributed by atoms with Gasteiger partial charge in [-0.05, 0) is 36.2 Å². The Labute approximate surface area is 115 Å². The molecule has 0 aliphatic carbocycles. The lowest BCUT2D eigenvalue weighted by Gasteiger charge is -2.09.